The minimum absolute atomic E-state index is 0.0358. The Kier molecular flexibility index (Phi) is 6.50. The number of fused-ring (bicyclic) bond motifs is 1. The largest absolute Gasteiger partial charge is 0.491 e. The molecule has 9 heteroatoms. The third-order valence-corrected chi connectivity index (χ3v) is 5.61. The highest BCUT2D eigenvalue weighted by atomic mass is 35.5. The predicted octanol–water partition coefficient (Wildman–Crippen LogP) is 4.45. The molecule has 0 spiro atoms. The molecule has 0 amide bonds. The van der Waals surface area contributed by atoms with Gasteiger partial charge in [-0.25, -0.2) is 9.67 Å². The van der Waals surface area contributed by atoms with Gasteiger partial charge in [0.05, 0.1) is 22.3 Å². The molecule has 32 heavy (non-hydrogen) atoms. The Morgan fingerprint density at radius 1 is 1.09 bits per heavy atom. The molecular formula is C23H22Cl2N4O3. The van der Waals surface area contributed by atoms with Crippen LogP contribution in [-0.2, 0) is 6.42 Å². The first-order chi connectivity index (χ1) is 15.4. The summed E-state index contributed by atoms with van der Waals surface area (Å²) >= 11 is 12.9. The number of hydrogen-bond donors (Lipinski definition) is 2. The number of ether oxygens (including phenoxy) is 1. The Balaban J connectivity index is 1.79. The van der Waals surface area contributed by atoms with E-state index in [2.05, 4.69) is 10.1 Å². The van der Waals surface area contributed by atoms with Gasteiger partial charge in [-0.3, -0.25) is 9.89 Å². The summed E-state index contributed by atoms with van der Waals surface area (Å²) in [6, 6.07) is 12.6. The maximum absolute atomic E-state index is 13.0. The van der Waals surface area contributed by atoms with Crippen molar-refractivity contribution in [2.45, 2.75) is 26.2 Å². The molecule has 2 heterocycles. The Hall–Kier alpha value is -2.87. The molecule has 0 fully saturated rings. The fraction of sp³-hybridized carbons (Fsp3) is 0.261. The first kappa shape index (κ1) is 22.3. The van der Waals surface area contributed by atoms with Gasteiger partial charge in [0.1, 0.15) is 29.4 Å². The second-order valence-electron chi connectivity index (χ2n) is 7.62. The third kappa shape index (κ3) is 4.37. The predicted molar refractivity (Wildman–Crippen MR) is 125 cm³/mol. The summed E-state index contributed by atoms with van der Waals surface area (Å²) in [7, 11) is 0. The number of hydrogen-bond acceptors (Lipinski definition) is 5. The number of aromatic nitrogens is 4. The number of nitrogens with zero attached hydrogens (tertiary/aromatic N) is 3. The van der Waals surface area contributed by atoms with Crippen LogP contribution < -0.4 is 10.3 Å². The number of para-hydroxylation sites is 1. The van der Waals surface area contributed by atoms with Crippen LogP contribution in [0.2, 0.25) is 10.0 Å². The standard InChI is InChI=1S/C23H22Cl2N4O3/c1-13(2)20-19-22(29(28-20)21-16(24)4-3-5-17(21)25)26-18(27-23(19)31)12-14-6-8-15(9-7-14)32-11-10-30/h3-9,13,28,30H,10-12H2,1-2H3. The van der Waals surface area contributed by atoms with E-state index in [0.29, 0.717) is 45.1 Å². The zero-order chi connectivity index (χ0) is 22.8. The average Bonchev–Trinajstić information content (AvgIpc) is 3.13. The average molecular weight is 473 g/mol. The second-order valence-corrected chi connectivity index (χ2v) is 8.44. The van der Waals surface area contributed by atoms with E-state index in [1.807, 2.05) is 26.0 Å². The van der Waals surface area contributed by atoms with Crippen molar-refractivity contribution in [1.82, 2.24) is 19.7 Å². The van der Waals surface area contributed by atoms with Crippen molar-refractivity contribution in [2.24, 2.45) is 0 Å². The van der Waals surface area contributed by atoms with Gasteiger partial charge in [-0.1, -0.05) is 55.2 Å². The van der Waals surface area contributed by atoms with E-state index < -0.39 is 0 Å². The zero-order valence-electron chi connectivity index (χ0n) is 17.6. The minimum Gasteiger partial charge on any atom is -0.491 e. The van der Waals surface area contributed by atoms with E-state index in [4.69, 9.17) is 38.0 Å². The van der Waals surface area contributed by atoms with Gasteiger partial charge in [0.15, 0.2) is 5.82 Å². The van der Waals surface area contributed by atoms with Crippen LogP contribution in [0.15, 0.2) is 47.3 Å². The van der Waals surface area contributed by atoms with Gasteiger partial charge in [-0.05, 0) is 35.7 Å². The van der Waals surface area contributed by atoms with Crippen molar-refractivity contribution in [2.75, 3.05) is 13.2 Å². The quantitative estimate of drug-likeness (QED) is 0.414. The lowest BCUT2D eigenvalue weighted by Gasteiger charge is -2.11. The molecule has 7 nitrogen and oxygen atoms in total. The van der Waals surface area contributed by atoms with Crippen molar-refractivity contribution in [3.05, 3.63) is 79.9 Å². The smallest absolute Gasteiger partial charge is 0.284 e. The van der Waals surface area contributed by atoms with Crippen LogP contribution in [-0.4, -0.2) is 38.1 Å². The highest BCUT2D eigenvalue weighted by Crippen LogP contribution is 2.34. The lowest BCUT2D eigenvalue weighted by atomic mass is 10.1. The van der Waals surface area contributed by atoms with Crippen molar-refractivity contribution < 1.29 is 9.84 Å². The topological polar surface area (TPSA) is 93.0 Å². The molecule has 0 aromatic heterocycles. The number of aliphatic hydroxyl groups is 1. The number of aromatic amines is 1. The summed E-state index contributed by atoms with van der Waals surface area (Å²) in [5.74, 6) is 1.51. The van der Waals surface area contributed by atoms with Crippen LogP contribution in [0.1, 0.15) is 36.8 Å². The molecular weight excluding hydrogens is 451 g/mol. The molecule has 2 aromatic rings. The van der Waals surface area contributed by atoms with Crippen LogP contribution in [0.3, 0.4) is 0 Å². The van der Waals surface area contributed by atoms with Crippen molar-refractivity contribution >= 4 is 23.2 Å². The summed E-state index contributed by atoms with van der Waals surface area (Å²) in [6.07, 6.45) is 0.365. The van der Waals surface area contributed by atoms with Gasteiger partial charge in [0.2, 0.25) is 0 Å². The highest BCUT2D eigenvalue weighted by molar-refractivity contribution is 6.37. The number of nitrogens with one attached hydrogen (secondary N) is 1. The van der Waals surface area contributed by atoms with E-state index in [1.54, 1.807) is 35.0 Å². The molecule has 2 N–H and O–H groups in total. The number of H-pyrrole nitrogens is 1. The van der Waals surface area contributed by atoms with E-state index in [9.17, 15) is 4.79 Å². The van der Waals surface area contributed by atoms with Crippen LogP contribution in [0, 0.1) is 0 Å². The highest BCUT2D eigenvalue weighted by Gasteiger charge is 2.26. The normalized spacial score (nSPS) is 11.4. The summed E-state index contributed by atoms with van der Waals surface area (Å²) in [5.41, 5.74) is 2.24. The Morgan fingerprint density at radius 3 is 2.41 bits per heavy atom. The number of aliphatic hydroxyl groups excluding tert-OH is 1. The SMILES string of the molecule is CC(C)c1[nH]n(-c2c(Cl)cccc2Cl)c2nc(Cc3ccc(OCCO)cc3)nc(=O)c1-2. The van der Waals surface area contributed by atoms with E-state index in [-0.39, 0.29) is 24.7 Å². The van der Waals surface area contributed by atoms with Crippen LogP contribution in [0.25, 0.3) is 17.1 Å². The summed E-state index contributed by atoms with van der Waals surface area (Å²) < 4.78 is 7.05. The fourth-order valence-corrected chi connectivity index (χ4v) is 4.08. The van der Waals surface area contributed by atoms with Gasteiger partial charge in [0, 0.05) is 6.42 Å². The minimum atomic E-state index is -0.352. The molecule has 166 valence electrons. The molecule has 0 aliphatic carbocycles. The summed E-state index contributed by atoms with van der Waals surface area (Å²) in [6.45, 7) is 4.15. The van der Waals surface area contributed by atoms with Crippen LogP contribution in [0.4, 0.5) is 0 Å². The third-order valence-electron chi connectivity index (χ3n) is 5.00. The Morgan fingerprint density at radius 2 is 1.78 bits per heavy atom. The van der Waals surface area contributed by atoms with Gasteiger partial charge in [-0.2, -0.15) is 4.98 Å². The molecule has 0 bridgehead atoms. The monoisotopic (exact) mass is 472 g/mol. The summed E-state index contributed by atoms with van der Waals surface area (Å²) in [5, 5.41) is 13.0. The molecule has 0 radical (unpaired) electrons. The van der Waals surface area contributed by atoms with Gasteiger partial charge in [-0.15, -0.1) is 0 Å². The number of rotatable bonds is 7. The number of halogens is 2. The molecule has 2 aromatic carbocycles. The lowest BCUT2D eigenvalue weighted by Crippen LogP contribution is -2.17. The second kappa shape index (κ2) is 9.32. The number of benzene rings is 2. The molecule has 0 saturated heterocycles. The fourth-order valence-electron chi connectivity index (χ4n) is 3.51. The van der Waals surface area contributed by atoms with E-state index >= 15 is 0 Å². The Labute approximate surface area is 194 Å². The van der Waals surface area contributed by atoms with Crippen LogP contribution >= 0.6 is 23.2 Å². The van der Waals surface area contributed by atoms with Crippen molar-refractivity contribution in [3.63, 3.8) is 0 Å². The van der Waals surface area contributed by atoms with Crippen LogP contribution in [0.5, 0.6) is 5.75 Å². The van der Waals surface area contributed by atoms with Crippen molar-refractivity contribution in [1.29, 1.82) is 0 Å². The van der Waals surface area contributed by atoms with Gasteiger partial charge >= 0.3 is 0 Å². The first-order valence-electron chi connectivity index (χ1n) is 10.2. The van der Waals surface area contributed by atoms with Crippen molar-refractivity contribution in [3.8, 4) is 22.8 Å². The maximum atomic E-state index is 13.0. The van der Waals surface area contributed by atoms with Gasteiger partial charge in [0.25, 0.3) is 5.56 Å². The molecule has 0 atom stereocenters. The molecule has 2 aliphatic rings. The molecule has 0 saturated carbocycles. The van der Waals surface area contributed by atoms with E-state index in [0.717, 1.165) is 11.3 Å². The molecule has 0 unspecified atom stereocenters. The lowest BCUT2D eigenvalue weighted by molar-refractivity contribution is 0.201. The van der Waals surface area contributed by atoms with E-state index in [1.165, 1.54) is 0 Å². The maximum Gasteiger partial charge on any atom is 0.284 e. The first-order valence-corrected chi connectivity index (χ1v) is 10.9. The molecule has 2 aliphatic heterocycles. The molecule has 4 rings (SSSR count). The van der Waals surface area contributed by atoms with Gasteiger partial charge < -0.3 is 9.84 Å². The summed E-state index contributed by atoms with van der Waals surface area (Å²) in [4.78, 5) is 21.9. The zero-order valence-corrected chi connectivity index (χ0v) is 19.1. The Bertz CT molecular complexity index is 1250.